The molecule has 0 aromatic carbocycles. The molecule has 0 atom stereocenters. The Morgan fingerprint density at radius 2 is 0.442 bits per heavy atom. The quantitative estimate of drug-likeness (QED) is 0.104. The summed E-state index contributed by atoms with van der Waals surface area (Å²) in [4.78, 5) is 7.33. The zero-order valence-corrected chi connectivity index (χ0v) is 32.4. The fourth-order valence-corrected chi connectivity index (χ4v) is 10.8. The van der Waals surface area contributed by atoms with Crippen molar-refractivity contribution in [2.24, 2.45) is 0 Å². The Morgan fingerprint density at radius 3 is 0.535 bits per heavy atom. The summed E-state index contributed by atoms with van der Waals surface area (Å²) in [6.07, 6.45) is 32.5. The van der Waals surface area contributed by atoms with Crippen molar-refractivity contribution in [3.8, 4) is 0 Å². The second-order valence-corrected chi connectivity index (χ2v) is 17.0. The molecule has 0 N–H and O–H groups in total. The molecule has 43 heavy (non-hydrogen) atoms. The minimum Gasteiger partial charge on any atom is -0.680 e. The summed E-state index contributed by atoms with van der Waals surface area (Å²) in [6, 6.07) is 4.27. The van der Waals surface area contributed by atoms with E-state index in [2.05, 4.69) is 51.4 Å². The van der Waals surface area contributed by atoms with Crippen molar-refractivity contribution >= 4 is 87.5 Å². The second kappa shape index (κ2) is 20.9. The molecule has 0 spiro atoms. The van der Waals surface area contributed by atoms with Gasteiger partial charge >= 0.3 is 17.1 Å². The first kappa shape index (κ1) is 39.2. The maximum atomic E-state index is 5.28. The van der Waals surface area contributed by atoms with Crippen molar-refractivity contribution < 1.29 is 17.1 Å². The van der Waals surface area contributed by atoms with Gasteiger partial charge in [0.2, 0.25) is 0 Å². The molecule has 0 saturated heterocycles. The van der Waals surface area contributed by atoms with E-state index in [0.717, 1.165) is 13.0 Å². The van der Waals surface area contributed by atoms with Crippen LogP contribution in [-0.2, 0) is 91.6 Å². The smallest absolute Gasteiger partial charge is 0.680 e. The van der Waals surface area contributed by atoms with Crippen LogP contribution >= 0.6 is 0 Å². The van der Waals surface area contributed by atoms with Crippen molar-refractivity contribution in [2.45, 2.75) is 190 Å². The van der Waals surface area contributed by atoms with Crippen LogP contribution < -0.4 is 0 Å². The largest absolute Gasteiger partial charge is 3.00 e. The topological polar surface area (TPSA) is 9.72 Å². The van der Waals surface area contributed by atoms with Gasteiger partial charge in [-0.25, -0.2) is 14.7 Å². The monoisotopic (exact) mass is 743 g/mol. The molecule has 0 bridgehead atoms. The molecular weight excluding hydrogens is 687 g/mol. The number of hydrogen-bond donors (Lipinski definition) is 0. The Bertz CT molecular complexity index is 684. The van der Waals surface area contributed by atoms with Crippen LogP contribution in [0, 0.1) is 0 Å². The van der Waals surface area contributed by atoms with Crippen molar-refractivity contribution in [3.05, 3.63) is 0 Å². The van der Waals surface area contributed by atoms with Crippen LogP contribution in [0.5, 0.6) is 0 Å². The van der Waals surface area contributed by atoms with Gasteiger partial charge in [-0.1, -0.05) is 77.0 Å². The number of rotatable bonds is 6. The van der Waals surface area contributed by atoms with Gasteiger partial charge in [0, 0.05) is 36.3 Å². The van der Waals surface area contributed by atoms with E-state index in [4.69, 9.17) is 37.9 Å². The van der Waals surface area contributed by atoms with Gasteiger partial charge in [-0.3, -0.25) is 0 Å². The number of hydrogen-bond acceptors (Lipinski definition) is 3. The van der Waals surface area contributed by atoms with Crippen LogP contribution in [0.1, 0.15) is 154 Å². The minimum atomic E-state index is 0. The Hall–Kier alpha value is 1.72. The predicted molar refractivity (Wildman–Crippen MR) is 202 cm³/mol. The molecule has 6 fully saturated rings. The molecule has 0 amide bonds. The third-order valence-corrected chi connectivity index (χ3v) is 12.3. The van der Waals surface area contributed by atoms with Gasteiger partial charge in [-0.05, 0) is 77.0 Å². The molecule has 6 aliphatic carbocycles. The Kier molecular flexibility index (Phi) is 19.1. The van der Waals surface area contributed by atoms with Crippen LogP contribution in [-0.4, -0.2) is 63.9 Å². The summed E-state index contributed by atoms with van der Waals surface area (Å²) >= 11 is 29.0. The first-order chi connectivity index (χ1) is 20.4. The van der Waals surface area contributed by atoms with Crippen LogP contribution in [0.4, 0.5) is 0 Å². The molecular formula is C33H57FeN3S6+3. The summed E-state index contributed by atoms with van der Waals surface area (Å²) in [5.74, 6) is 0. The Balaban J connectivity index is 0.000000175. The van der Waals surface area contributed by atoms with E-state index in [1.165, 1.54) is 154 Å². The van der Waals surface area contributed by atoms with Crippen molar-refractivity contribution in [1.82, 2.24) is 14.7 Å². The predicted octanol–water partition coefficient (Wildman–Crippen LogP) is 6.26. The van der Waals surface area contributed by atoms with Crippen LogP contribution in [0.2, 0.25) is 0 Å². The van der Waals surface area contributed by atoms with Gasteiger partial charge in [0.25, 0.3) is 0 Å². The average Bonchev–Trinajstić information content (AvgIpc) is 3.79. The van der Waals surface area contributed by atoms with Gasteiger partial charge in [0.05, 0.1) is 0 Å². The van der Waals surface area contributed by atoms with E-state index in [1.54, 1.807) is 0 Å². The van der Waals surface area contributed by atoms with E-state index < -0.39 is 0 Å². The number of nitrogens with zero attached hydrogens (tertiary/aromatic N) is 3. The standard InChI is InChI=1S/3C11H19NS2.Fe/c3*13-11(14)12(9-5-1-2-6-9)10-7-3-4-8-10;/h3*9-10H,1-8H2,(H,13,14);/q;;;+3. The van der Waals surface area contributed by atoms with E-state index >= 15 is 0 Å². The first-order valence-corrected chi connectivity index (χ1v) is 20.0. The summed E-state index contributed by atoms with van der Waals surface area (Å²) in [5, 5.41) is 0. The molecule has 0 aromatic heterocycles. The maximum absolute atomic E-state index is 5.28. The molecule has 0 aromatic rings. The molecule has 245 valence electrons. The Morgan fingerprint density at radius 1 is 0.326 bits per heavy atom. The van der Waals surface area contributed by atoms with Crippen LogP contribution in [0.25, 0.3) is 0 Å². The molecule has 6 rings (SSSR count). The Labute approximate surface area is 307 Å². The zero-order chi connectivity index (χ0) is 29.9. The van der Waals surface area contributed by atoms with E-state index in [-0.39, 0.29) is 17.1 Å². The zero-order valence-electron chi connectivity index (χ0n) is 26.2. The average molecular weight is 744 g/mol. The fraction of sp³-hybridized carbons (Fsp3) is 0.909. The summed E-state index contributed by atoms with van der Waals surface area (Å²) < 4.78 is 2.51. The van der Waals surface area contributed by atoms with Gasteiger partial charge in [0.1, 0.15) is 49.6 Å². The molecule has 0 aliphatic heterocycles. The van der Waals surface area contributed by atoms with Crippen LogP contribution in [0.3, 0.4) is 0 Å². The van der Waals surface area contributed by atoms with Gasteiger partial charge in [-0.2, -0.15) is 0 Å². The normalized spacial score (nSPS) is 24.4. The SMILES string of the molecule is [Fe+3].[S-]C(=[SH+])N(C1CCCC1)C1CCCC1.[S-]C(=[SH+])N(C1CCCC1)C1CCCC1.[S-]C(=[SH+])N(C1CCCC1)C1CCCC1. The van der Waals surface area contributed by atoms with Crippen LogP contribution in [0.15, 0.2) is 0 Å². The van der Waals surface area contributed by atoms with Crippen molar-refractivity contribution in [2.75, 3.05) is 0 Å². The summed E-state index contributed by atoms with van der Waals surface area (Å²) in [6.45, 7) is 0. The van der Waals surface area contributed by atoms with E-state index in [9.17, 15) is 0 Å². The third-order valence-electron chi connectivity index (χ3n) is 11.0. The van der Waals surface area contributed by atoms with Crippen molar-refractivity contribution in [3.63, 3.8) is 0 Å². The molecule has 6 saturated carbocycles. The van der Waals surface area contributed by atoms with E-state index in [0.29, 0.717) is 36.3 Å². The second-order valence-electron chi connectivity index (χ2n) is 13.7. The molecule has 1 radical (unpaired) electrons. The fourth-order valence-electron chi connectivity index (χ4n) is 8.93. The van der Waals surface area contributed by atoms with E-state index in [1.807, 2.05) is 0 Å². The molecule has 6 aliphatic rings. The van der Waals surface area contributed by atoms with Crippen molar-refractivity contribution in [1.29, 1.82) is 0 Å². The minimum absolute atomic E-state index is 0. The number of thiol groups is 3. The molecule has 0 unspecified atom stereocenters. The van der Waals surface area contributed by atoms with Gasteiger partial charge in [0.15, 0.2) is 0 Å². The molecule has 3 nitrogen and oxygen atoms in total. The summed E-state index contributed by atoms with van der Waals surface area (Å²) in [5.41, 5.74) is 0. The molecule has 10 heteroatoms. The third kappa shape index (κ3) is 12.0. The molecule has 0 heterocycles. The first-order valence-electron chi connectivity index (χ1n) is 17.4. The van der Waals surface area contributed by atoms with Gasteiger partial charge in [-0.15, -0.1) is 0 Å². The van der Waals surface area contributed by atoms with Gasteiger partial charge < -0.3 is 37.9 Å². The maximum Gasteiger partial charge on any atom is 3.00 e. The summed E-state index contributed by atoms with van der Waals surface area (Å²) in [7, 11) is 0.